The molecule has 10 heavy (non-hydrogen) atoms. The number of hydrogen-bond acceptors (Lipinski definition) is 3. The Kier molecular flexibility index (Phi) is 4.27. The summed E-state index contributed by atoms with van der Waals surface area (Å²) >= 11 is -1.60. The Bertz CT molecular complexity index is 97.9. The molecule has 4 heteroatoms. The summed E-state index contributed by atoms with van der Waals surface area (Å²) in [7, 11) is 4.40. The molecule has 0 aliphatic carbocycles. The van der Waals surface area contributed by atoms with Crippen LogP contribution in [0.25, 0.3) is 0 Å². The van der Waals surface area contributed by atoms with E-state index in [0.717, 1.165) is 13.2 Å². The molecule has 1 aliphatic heterocycles. The van der Waals surface area contributed by atoms with E-state index in [9.17, 15) is 0 Å². The summed E-state index contributed by atoms with van der Waals surface area (Å²) in [5.41, 5.74) is 0. The Hall–Kier alpha value is 1.46. The first kappa shape index (κ1) is 9.55. The van der Waals surface area contributed by atoms with Crippen LogP contribution in [0.15, 0.2) is 0 Å². The molecule has 0 N–H and O–H groups in total. The molecule has 1 fully saturated rings. The van der Waals surface area contributed by atoms with Crippen molar-refractivity contribution >= 4 is 33.5 Å². The molecule has 0 amide bonds. The second-order valence-electron chi connectivity index (χ2n) is 2.71. The molecule has 0 bridgehead atoms. The maximum absolute atomic E-state index is 5.36. The summed E-state index contributed by atoms with van der Waals surface area (Å²) in [6, 6.07) is 0. The fourth-order valence-corrected chi connectivity index (χ4v) is 17.9. The van der Waals surface area contributed by atoms with Crippen LogP contribution in [0, 0.1) is 0 Å². The van der Waals surface area contributed by atoms with Gasteiger partial charge in [0.05, 0.1) is 0 Å². The van der Waals surface area contributed by atoms with Crippen molar-refractivity contribution in [3.63, 3.8) is 0 Å². The SMILES string of the molecule is [CH3][Sn]1([CH3])[S]CCOCC[S]1. The van der Waals surface area contributed by atoms with E-state index < -0.39 is 15.6 Å². The van der Waals surface area contributed by atoms with Gasteiger partial charge in [0.1, 0.15) is 0 Å². The average Bonchev–Trinajstić information content (AvgIpc) is 1.81. The van der Waals surface area contributed by atoms with E-state index in [4.69, 9.17) is 4.74 Å². The van der Waals surface area contributed by atoms with Gasteiger partial charge in [-0.05, 0) is 0 Å². The fourth-order valence-electron chi connectivity index (χ4n) is 0.836. The van der Waals surface area contributed by atoms with E-state index in [0.29, 0.717) is 0 Å². The Morgan fingerprint density at radius 3 is 2.10 bits per heavy atom. The van der Waals surface area contributed by atoms with Crippen molar-refractivity contribution in [3.05, 3.63) is 0 Å². The van der Waals surface area contributed by atoms with E-state index in [1.165, 1.54) is 11.5 Å². The molecule has 0 aromatic heterocycles. The molecule has 1 rings (SSSR count). The van der Waals surface area contributed by atoms with Crippen LogP contribution in [0.5, 0.6) is 0 Å². The van der Waals surface area contributed by atoms with Crippen molar-refractivity contribution in [2.75, 3.05) is 24.7 Å². The first-order valence-corrected chi connectivity index (χ1v) is 18.2. The van der Waals surface area contributed by atoms with Gasteiger partial charge in [-0.3, -0.25) is 0 Å². The van der Waals surface area contributed by atoms with E-state index in [1.54, 1.807) is 0 Å². The van der Waals surface area contributed by atoms with Crippen molar-refractivity contribution in [1.29, 1.82) is 0 Å². The summed E-state index contributed by atoms with van der Waals surface area (Å²) in [6.45, 7) is 1.96. The van der Waals surface area contributed by atoms with Crippen LogP contribution in [0.4, 0.5) is 0 Å². The van der Waals surface area contributed by atoms with Crippen molar-refractivity contribution in [2.45, 2.75) is 9.88 Å². The molecule has 1 saturated heterocycles. The van der Waals surface area contributed by atoms with Crippen LogP contribution in [-0.2, 0) is 4.74 Å². The predicted molar refractivity (Wildman–Crippen MR) is 53.2 cm³/mol. The minimum atomic E-state index is -1.60. The summed E-state index contributed by atoms with van der Waals surface area (Å²) < 4.78 is 5.36. The Morgan fingerprint density at radius 2 is 1.60 bits per heavy atom. The molecular weight excluding hydrogens is 271 g/mol. The molecule has 1 aliphatic rings. The zero-order valence-electron chi connectivity index (χ0n) is 6.55. The molecule has 0 aromatic rings. The van der Waals surface area contributed by atoms with Crippen LogP contribution in [0.3, 0.4) is 0 Å². The third-order valence-electron chi connectivity index (χ3n) is 1.35. The molecule has 0 radical (unpaired) electrons. The molecule has 0 spiro atoms. The quantitative estimate of drug-likeness (QED) is 0.631. The second kappa shape index (κ2) is 4.48. The maximum atomic E-state index is 5.36. The van der Waals surface area contributed by atoms with Gasteiger partial charge < -0.3 is 0 Å². The van der Waals surface area contributed by atoms with E-state index in [1.807, 2.05) is 0 Å². The summed E-state index contributed by atoms with van der Waals surface area (Å²) in [5, 5.41) is 0. The number of hydrogen-bond donors (Lipinski definition) is 0. The summed E-state index contributed by atoms with van der Waals surface area (Å²) in [6.07, 6.45) is 0. The third-order valence-corrected chi connectivity index (χ3v) is 23.6. The first-order chi connectivity index (χ1) is 4.71. The van der Waals surface area contributed by atoms with E-state index >= 15 is 0 Å². The van der Waals surface area contributed by atoms with Gasteiger partial charge in [-0.25, -0.2) is 0 Å². The zero-order valence-corrected chi connectivity index (χ0v) is 11.0. The fraction of sp³-hybridized carbons (Fsp3) is 1.00. The Labute approximate surface area is 72.4 Å². The van der Waals surface area contributed by atoms with Gasteiger partial charge in [0.15, 0.2) is 0 Å². The van der Waals surface area contributed by atoms with Crippen molar-refractivity contribution in [3.8, 4) is 0 Å². The molecule has 0 aromatic carbocycles. The molecular formula is C6H14OS2Sn. The molecule has 1 heterocycles. The van der Waals surface area contributed by atoms with Gasteiger partial charge in [-0.2, -0.15) is 0 Å². The standard InChI is InChI=1S/C4H10OS2.2CH3.Sn/c6-3-1-5-2-4-7;;;/h6-7H,1-4H2;2*1H3;/q;;;+2/p-2. The predicted octanol–water partition coefficient (Wildman–Crippen LogP) is 2.18. The van der Waals surface area contributed by atoms with Crippen LogP contribution in [0.2, 0.25) is 9.88 Å². The Morgan fingerprint density at radius 1 is 1.10 bits per heavy atom. The van der Waals surface area contributed by atoms with Crippen LogP contribution < -0.4 is 0 Å². The third kappa shape index (κ3) is 3.74. The number of rotatable bonds is 0. The summed E-state index contributed by atoms with van der Waals surface area (Å²) in [4.78, 5) is 4.99. The van der Waals surface area contributed by atoms with Gasteiger partial charge in [0.25, 0.3) is 0 Å². The van der Waals surface area contributed by atoms with Crippen LogP contribution in [0.1, 0.15) is 0 Å². The van der Waals surface area contributed by atoms with Crippen molar-refractivity contribution in [2.24, 2.45) is 0 Å². The Balaban J connectivity index is 2.30. The van der Waals surface area contributed by atoms with Gasteiger partial charge in [0, 0.05) is 0 Å². The summed E-state index contributed by atoms with van der Waals surface area (Å²) in [5.74, 6) is 2.46. The molecule has 60 valence electrons. The second-order valence-corrected chi connectivity index (χ2v) is 32.5. The van der Waals surface area contributed by atoms with Crippen LogP contribution in [-0.4, -0.2) is 40.3 Å². The monoisotopic (exact) mass is 286 g/mol. The molecule has 0 saturated carbocycles. The van der Waals surface area contributed by atoms with Crippen molar-refractivity contribution < 1.29 is 4.74 Å². The molecule has 1 nitrogen and oxygen atoms in total. The van der Waals surface area contributed by atoms with E-state index in [2.05, 4.69) is 27.8 Å². The number of ether oxygens (including phenoxy) is 1. The van der Waals surface area contributed by atoms with Crippen LogP contribution >= 0.6 is 17.9 Å². The normalized spacial score (nSPS) is 27.0. The molecule has 0 atom stereocenters. The van der Waals surface area contributed by atoms with Crippen molar-refractivity contribution in [1.82, 2.24) is 0 Å². The average molecular weight is 285 g/mol. The van der Waals surface area contributed by atoms with Gasteiger partial charge in [-0.15, -0.1) is 0 Å². The topological polar surface area (TPSA) is 9.23 Å². The van der Waals surface area contributed by atoms with E-state index in [-0.39, 0.29) is 0 Å². The van der Waals surface area contributed by atoms with Gasteiger partial charge >= 0.3 is 72.8 Å². The van der Waals surface area contributed by atoms with Gasteiger partial charge in [-0.1, -0.05) is 0 Å². The van der Waals surface area contributed by atoms with Gasteiger partial charge in [0.2, 0.25) is 0 Å². The zero-order chi connectivity index (χ0) is 7.45. The molecule has 0 unspecified atom stereocenters. The first-order valence-electron chi connectivity index (χ1n) is 3.56. The minimum absolute atomic E-state index is 0.978.